The van der Waals surface area contributed by atoms with Gasteiger partial charge in [-0.3, -0.25) is 9.36 Å². The van der Waals surface area contributed by atoms with E-state index >= 15 is 0 Å². The van der Waals surface area contributed by atoms with Crippen molar-refractivity contribution >= 4 is 47.3 Å². The number of fused-ring (bicyclic) bond motifs is 1. The van der Waals surface area contributed by atoms with Crippen molar-refractivity contribution in [1.29, 1.82) is 0 Å². The van der Waals surface area contributed by atoms with E-state index in [0.717, 1.165) is 25.7 Å². The summed E-state index contributed by atoms with van der Waals surface area (Å²) >= 11 is -1.31. The first kappa shape index (κ1) is 26.1. The number of nitrogens with zero attached hydrogens (tertiary/aromatic N) is 2. The van der Waals surface area contributed by atoms with E-state index in [-0.39, 0.29) is 41.0 Å². The van der Waals surface area contributed by atoms with Gasteiger partial charge in [-0.15, -0.1) is 0 Å². The van der Waals surface area contributed by atoms with E-state index < -0.39 is 24.9 Å². The van der Waals surface area contributed by atoms with Crippen molar-refractivity contribution < 1.29 is 23.5 Å². The van der Waals surface area contributed by atoms with Crippen LogP contribution in [0.25, 0.3) is 0 Å². The molecule has 3 N–H and O–H groups in total. The average molecular weight is 523 g/mol. The monoisotopic (exact) mass is 522 g/mol. The fourth-order valence-electron chi connectivity index (χ4n) is 4.65. The van der Waals surface area contributed by atoms with E-state index in [4.69, 9.17) is 4.52 Å². The van der Waals surface area contributed by atoms with Gasteiger partial charge in [-0.2, -0.15) is 4.76 Å². The van der Waals surface area contributed by atoms with Crippen LogP contribution in [0.15, 0.2) is 34.3 Å². The summed E-state index contributed by atoms with van der Waals surface area (Å²) in [6.07, 6.45) is 5.28. The molecular weight excluding hydrogens is 487 g/mol. The quantitative estimate of drug-likeness (QED) is 0.343. The van der Waals surface area contributed by atoms with Crippen molar-refractivity contribution in [2.75, 3.05) is 29.4 Å². The molecule has 3 atom stereocenters. The summed E-state index contributed by atoms with van der Waals surface area (Å²) < 4.78 is 38.3. The minimum absolute atomic E-state index is 0.00831. The Labute approximate surface area is 210 Å². The molecule has 11 heteroatoms. The van der Waals surface area contributed by atoms with E-state index in [1.807, 2.05) is 0 Å². The van der Waals surface area contributed by atoms with E-state index in [0.29, 0.717) is 23.2 Å². The highest BCUT2D eigenvalue weighted by Gasteiger charge is 2.48. The molecule has 192 valence electrons. The average Bonchev–Trinajstić information content (AvgIpc) is 2.94. The van der Waals surface area contributed by atoms with Gasteiger partial charge in [-0.05, 0) is 55.7 Å². The topological polar surface area (TPSA) is 126 Å². The van der Waals surface area contributed by atoms with Crippen molar-refractivity contribution in [3.63, 3.8) is 0 Å². The first-order valence-corrected chi connectivity index (χ1v) is 15.2. The molecule has 35 heavy (non-hydrogen) atoms. The first-order valence-electron chi connectivity index (χ1n) is 12.0. The Bertz CT molecular complexity index is 1110. The third-order valence-electron chi connectivity index (χ3n) is 6.64. The van der Waals surface area contributed by atoms with Crippen LogP contribution in [-0.4, -0.2) is 51.8 Å². The maximum absolute atomic E-state index is 13.9. The van der Waals surface area contributed by atoms with Gasteiger partial charge < -0.3 is 24.4 Å². The number of aliphatic hydroxyl groups excluding tert-OH is 1. The van der Waals surface area contributed by atoms with Crippen molar-refractivity contribution in [1.82, 2.24) is 4.90 Å². The number of benzene rings is 1. The second kappa shape index (κ2) is 9.81. The summed E-state index contributed by atoms with van der Waals surface area (Å²) in [5, 5.41) is 14.8. The number of amidine groups is 1. The molecule has 0 saturated heterocycles. The fraction of sp³-hybridized carbons (Fsp3) is 0.583. The molecular formula is C24H35N4O5PS. The highest BCUT2D eigenvalue weighted by atomic mass is 32.2. The Balaban J connectivity index is 1.73. The number of hydrogen-bond donors (Lipinski definition) is 3. The van der Waals surface area contributed by atoms with Crippen molar-refractivity contribution in [3.05, 3.63) is 29.5 Å². The Kier molecular flexibility index (Phi) is 7.31. The van der Waals surface area contributed by atoms with Gasteiger partial charge >= 0.3 is 7.52 Å². The van der Waals surface area contributed by atoms with Crippen LogP contribution in [-0.2, 0) is 25.2 Å². The normalized spacial score (nSPS) is 25.7. The number of hydrogen-bond acceptors (Lipinski definition) is 7. The van der Waals surface area contributed by atoms with Crippen molar-refractivity contribution in [2.45, 2.75) is 59.4 Å². The van der Waals surface area contributed by atoms with Crippen LogP contribution in [0.1, 0.15) is 53.4 Å². The van der Waals surface area contributed by atoms with Crippen LogP contribution >= 0.6 is 7.52 Å². The van der Waals surface area contributed by atoms with Gasteiger partial charge in [0.05, 0.1) is 40.7 Å². The number of carbonyl (C=O) groups excluding carboxylic acids is 1. The third kappa shape index (κ3) is 5.26. The molecule has 3 aliphatic rings. The van der Waals surface area contributed by atoms with Crippen LogP contribution in [0, 0.1) is 11.3 Å². The number of aliphatic hydroxyl groups is 1. The molecule has 0 radical (unpaired) electrons. The second-order valence-electron chi connectivity index (χ2n) is 10.5. The lowest BCUT2D eigenvalue weighted by molar-refractivity contribution is -0.128. The molecule has 0 aromatic heterocycles. The summed E-state index contributed by atoms with van der Waals surface area (Å²) in [6.45, 7) is 8.76. The Morgan fingerprint density at radius 3 is 2.66 bits per heavy atom. The highest BCUT2D eigenvalue weighted by molar-refractivity contribution is 7.92. The van der Waals surface area contributed by atoms with Crippen LogP contribution in [0.3, 0.4) is 0 Å². The minimum Gasteiger partial charge on any atom is -0.593 e. The number of nitrogens with one attached hydrogen (secondary N) is 2. The second-order valence-corrected chi connectivity index (χ2v) is 13.6. The predicted molar refractivity (Wildman–Crippen MR) is 141 cm³/mol. The summed E-state index contributed by atoms with van der Waals surface area (Å²) in [4.78, 5) is 15.4. The number of rotatable bonds is 8. The van der Waals surface area contributed by atoms with Gasteiger partial charge in [0, 0.05) is 6.54 Å². The summed E-state index contributed by atoms with van der Waals surface area (Å²) in [5.74, 6) is -0.0404. The maximum atomic E-state index is 13.9. The standard InChI is InChI=1S/C24H35N4O5PS/c1-6-33-34(31)18-14-16(27-35(5)32)10-11-17(18)25-22(26-34)19-21(29)20(15-8-7-9-15)28(23(19)30)13-12-24(2,3)4/h10-11,14-15,20,27,29H,6-9,12-13H2,1-5H3,(H,25,26,31). The molecule has 1 aromatic carbocycles. The molecule has 4 rings (SSSR count). The van der Waals surface area contributed by atoms with Gasteiger partial charge in [0.15, 0.2) is 5.84 Å². The molecule has 2 heterocycles. The zero-order chi connectivity index (χ0) is 25.5. The van der Waals surface area contributed by atoms with E-state index in [1.165, 1.54) is 6.26 Å². The summed E-state index contributed by atoms with van der Waals surface area (Å²) in [6, 6.07) is 4.59. The Morgan fingerprint density at radius 2 is 2.09 bits per heavy atom. The molecule has 0 bridgehead atoms. The number of carbonyl (C=O) groups is 1. The SMILES string of the molecule is CCOP1(=O)N=C(C2=C(O)C(C3CCC3)N(CCC(C)(C)C)C2=O)Nc2ccc(N[S+](C)[O-])cc21. The summed E-state index contributed by atoms with van der Waals surface area (Å²) in [7, 11) is -3.76. The Morgan fingerprint density at radius 1 is 1.37 bits per heavy atom. The fourth-order valence-corrected chi connectivity index (χ4v) is 6.92. The molecule has 1 aromatic rings. The highest BCUT2D eigenvalue weighted by Crippen LogP contribution is 2.53. The van der Waals surface area contributed by atoms with Gasteiger partial charge in [0.25, 0.3) is 5.91 Å². The molecule has 0 spiro atoms. The molecule has 3 unspecified atom stereocenters. The lowest BCUT2D eigenvalue weighted by Gasteiger charge is -2.38. The van der Waals surface area contributed by atoms with E-state index in [1.54, 1.807) is 30.0 Å². The van der Waals surface area contributed by atoms with E-state index in [2.05, 4.69) is 35.6 Å². The third-order valence-corrected chi connectivity index (χ3v) is 9.21. The molecule has 1 fully saturated rings. The summed E-state index contributed by atoms with van der Waals surface area (Å²) in [5.41, 5.74) is 1.09. The minimum atomic E-state index is -3.76. The predicted octanol–water partition coefficient (Wildman–Crippen LogP) is 4.33. The number of anilines is 2. The maximum Gasteiger partial charge on any atom is 0.348 e. The van der Waals surface area contributed by atoms with Crippen LogP contribution in [0.4, 0.5) is 11.4 Å². The van der Waals surface area contributed by atoms with Crippen molar-refractivity contribution in [2.24, 2.45) is 16.1 Å². The van der Waals surface area contributed by atoms with Crippen LogP contribution in [0.2, 0.25) is 0 Å². The lowest BCUT2D eigenvalue weighted by atomic mass is 9.78. The zero-order valence-electron chi connectivity index (χ0n) is 21.0. The van der Waals surface area contributed by atoms with Gasteiger partial charge in [-0.1, -0.05) is 27.2 Å². The molecule has 1 aliphatic carbocycles. The zero-order valence-corrected chi connectivity index (χ0v) is 22.7. The van der Waals surface area contributed by atoms with Crippen molar-refractivity contribution in [3.8, 4) is 0 Å². The van der Waals surface area contributed by atoms with Gasteiger partial charge in [-0.25, -0.2) is 4.72 Å². The molecule has 9 nitrogen and oxygen atoms in total. The molecule has 1 saturated carbocycles. The van der Waals surface area contributed by atoms with Gasteiger partial charge in [0.1, 0.15) is 17.6 Å². The largest absolute Gasteiger partial charge is 0.593 e. The molecule has 1 amide bonds. The van der Waals surface area contributed by atoms with Crippen LogP contribution < -0.4 is 15.3 Å². The van der Waals surface area contributed by atoms with Crippen LogP contribution in [0.5, 0.6) is 0 Å². The first-order chi connectivity index (χ1) is 16.4. The Hall–Kier alpha value is -2.00. The lowest BCUT2D eigenvalue weighted by Crippen LogP contribution is -2.44. The number of amides is 1. The van der Waals surface area contributed by atoms with Gasteiger partial charge in [0.2, 0.25) is 0 Å². The smallest absolute Gasteiger partial charge is 0.348 e. The molecule has 2 aliphatic heterocycles. The van der Waals surface area contributed by atoms with E-state index in [9.17, 15) is 19.0 Å².